The molecule has 2 aromatic carbocycles. The number of unbranched alkanes of at least 4 members (excludes halogenated alkanes) is 1. The van der Waals surface area contributed by atoms with Crippen molar-refractivity contribution in [3.63, 3.8) is 0 Å². The van der Waals surface area contributed by atoms with Gasteiger partial charge < -0.3 is 19.9 Å². The summed E-state index contributed by atoms with van der Waals surface area (Å²) in [5.74, 6) is 0.904. The predicted octanol–water partition coefficient (Wildman–Crippen LogP) is 4.04. The van der Waals surface area contributed by atoms with Crippen LogP contribution in [0.15, 0.2) is 40.9 Å². The van der Waals surface area contributed by atoms with Crippen LogP contribution in [0.3, 0.4) is 0 Å². The molecule has 0 spiro atoms. The lowest BCUT2D eigenvalue weighted by molar-refractivity contribution is 0.275. The van der Waals surface area contributed by atoms with E-state index >= 15 is 0 Å². The lowest BCUT2D eigenvalue weighted by atomic mass is 10.1. The highest BCUT2D eigenvalue weighted by Gasteiger charge is 2.15. The highest BCUT2D eigenvalue weighted by molar-refractivity contribution is 9.10. The average Bonchev–Trinajstić information content (AvgIpc) is 2.62. The molecule has 0 aliphatic carbocycles. The number of halogens is 2. The number of benzene rings is 2. The molecule has 6 heteroatoms. The number of hydrogen-bond acceptors (Lipinski definition) is 4. The third-order valence-corrected chi connectivity index (χ3v) is 4.52. The first kappa shape index (κ1) is 19.7. The molecule has 0 unspecified atom stereocenters. The number of methoxy groups -OCH3 is 1. The van der Waals surface area contributed by atoms with Gasteiger partial charge in [-0.15, -0.1) is 0 Å². The van der Waals surface area contributed by atoms with E-state index in [0.717, 1.165) is 29.4 Å². The summed E-state index contributed by atoms with van der Waals surface area (Å²) in [7, 11) is 1.58. The first-order chi connectivity index (χ1) is 12.2. The van der Waals surface area contributed by atoms with E-state index in [1.165, 1.54) is 6.07 Å². The minimum absolute atomic E-state index is 0.122. The van der Waals surface area contributed by atoms with Crippen molar-refractivity contribution < 1.29 is 19.0 Å². The van der Waals surface area contributed by atoms with E-state index in [-0.39, 0.29) is 19.0 Å². The fraction of sp³-hybridized carbons (Fsp3) is 0.368. The van der Waals surface area contributed by atoms with Gasteiger partial charge in [-0.3, -0.25) is 0 Å². The van der Waals surface area contributed by atoms with Gasteiger partial charge in [0.15, 0.2) is 11.5 Å². The Morgan fingerprint density at radius 2 is 1.96 bits per heavy atom. The molecule has 0 saturated heterocycles. The first-order valence-electron chi connectivity index (χ1n) is 8.20. The Morgan fingerprint density at radius 1 is 1.16 bits per heavy atom. The zero-order valence-electron chi connectivity index (χ0n) is 14.2. The number of aliphatic hydroxyl groups excluding tert-OH is 1. The smallest absolute Gasteiger partial charge is 0.167 e. The molecule has 25 heavy (non-hydrogen) atoms. The van der Waals surface area contributed by atoms with Gasteiger partial charge in [0.2, 0.25) is 0 Å². The minimum Gasteiger partial charge on any atom is -0.493 e. The lowest BCUT2D eigenvalue weighted by Crippen LogP contribution is -2.16. The van der Waals surface area contributed by atoms with Crippen LogP contribution in [0.25, 0.3) is 0 Å². The second-order valence-corrected chi connectivity index (χ2v) is 6.40. The number of rotatable bonds is 10. The zero-order valence-corrected chi connectivity index (χ0v) is 15.8. The van der Waals surface area contributed by atoms with Gasteiger partial charge in [-0.05, 0) is 37.6 Å². The molecule has 136 valence electrons. The van der Waals surface area contributed by atoms with Crippen molar-refractivity contribution in [3.8, 4) is 11.5 Å². The Morgan fingerprint density at radius 3 is 2.68 bits per heavy atom. The summed E-state index contributed by atoms with van der Waals surface area (Å²) in [6.07, 6.45) is 1.66. The maximum atomic E-state index is 13.8. The van der Waals surface area contributed by atoms with Crippen LogP contribution in [-0.2, 0) is 13.2 Å². The van der Waals surface area contributed by atoms with Gasteiger partial charge >= 0.3 is 0 Å². The first-order valence-corrected chi connectivity index (χ1v) is 8.99. The lowest BCUT2D eigenvalue weighted by Gasteiger charge is -2.17. The molecule has 0 aliphatic rings. The molecule has 0 saturated carbocycles. The molecule has 2 aromatic rings. The summed E-state index contributed by atoms with van der Waals surface area (Å²) in [5, 5.41) is 12.2. The van der Waals surface area contributed by atoms with Gasteiger partial charge in [-0.1, -0.05) is 34.1 Å². The quantitative estimate of drug-likeness (QED) is 0.579. The second-order valence-electron chi connectivity index (χ2n) is 5.54. The van der Waals surface area contributed by atoms with Crippen molar-refractivity contribution >= 4 is 15.9 Å². The van der Waals surface area contributed by atoms with Crippen molar-refractivity contribution in [1.82, 2.24) is 5.32 Å². The molecule has 2 rings (SSSR count). The minimum atomic E-state index is -0.292. The molecular weight excluding hydrogens is 389 g/mol. The molecule has 0 heterocycles. The average molecular weight is 412 g/mol. The van der Waals surface area contributed by atoms with E-state index in [1.54, 1.807) is 25.3 Å². The standard InChI is InChI=1S/C19H23BrFNO3/c1-24-18-9-8-16(20)15(12-22-10-4-5-11-23)19(18)25-13-14-6-2-3-7-17(14)21/h2-3,6-9,22-23H,4-5,10-13H2,1H3. The number of aliphatic hydroxyl groups is 1. The molecular formula is C19H23BrFNO3. The van der Waals surface area contributed by atoms with Crippen molar-refractivity contribution in [1.29, 1.82) is 0 Å². The van der Waals surface area contributed by atoms with Crippen LogP contribution in [-0.4, -0.2) is 25.4 Å². The van der Waals surface area contributed by atoms with Gasteiger partial charge in [-0.2, -0.15) is 0 Å². The molecule has 0 radical (unpaired) electrons. The van der Waals surface area contributed by atoms with Crippen LogP contribution in [0.1, 0.15) is 24.0 Å². The van der Waals surface area contributed by atoms with Crippen LogP contribution in [0, 0.1) is 5.82 Å². The van der Waals surface area contributed by atoms with Crippen molar-refractivity contribution in [2.45, 2.75) is 26.0 Å². The highest BCUT2D eigenvalue weighted by atomic mass is 79.9. The predicted molar refractivity (Wildman–Crippen MR) is 99.5 cm³/mol. The molecule has 4 nitrogen and oxygen atoms in total. The van der Waals surface area contributed by atoms with E-state index < -0.39 is 0 Å². The van der Waals surface area contributed by atoms with Crippen molar-refractivity contribution in [3.05, 3.63) is 57.8 Å². The van der Waals surface area contributed by atoms with Crippen LogP contribution in [0.5, 0.6) is 11.5 Å². The Labute approximate surface area is 156 Å². The molecule has 0 aliphatic heterocycles. The fourth-order valence-corrected chi connectivity index (χ4v) is 2.86. The van der Waals surface area contributed by atoms with E-state index in [9.17, 15) is 4.39 Å². The molecule has 0 atom stereocenters. The number of nitrogens with one attached hydrogen (secondary N) is 1. The van der Waals surface area contributed by atoms with Gasteiger partial charge in [0, 0.05) is 28.8 Å². The van der Waals surface area contributed by atoms with Crippen molar-refractivity contribution in [2.24, 2.45) is 0 Å². The maximum absolute atomic E-state index is 13.8. The number of hydrogen-bond donors (Lipinski definition) is 2. The summed E-state index contributed by atoms with van der Waals surface area (Å²) in [4.78, 5) is 0. The molecule has 0 aromatic heterocycles. The second kappa shape index (κ2) is 10.4. The SMILES string of the molecule is COc1ccc(Br)c(CNCCCCO)c1OCc1ccccc1F. The Kier molecular flexibility index (Phi) is 8.18. The molecule has 0 amide bonds. The number of ether oxygens (including phenoxy) is 2. The topological polar surface area (TPSA) is 50.7 Å². The third-order valence-electron chi connectivity index (χ3n) is 3.78. The van der Waals surface area contributed by atoms with E-state index in [1.807, 2.05) is 12.1 Å². The van der Waals surface area contributed by atoms with Crippen LogP contribution in [0.2, 0.25) is 0 Å². The Bertz CT molecular complexity index is 682. The monoisotopic (exact) mass is 411 g/mol. The maximum Gasteiger partial charge on any atom is 0.167 e. The summed E-state index contributed by atoms with van der Waals surface area (Å²) < 4.78 is 26.0. The van der Waals surface area contributed by atoms with E-state index in [0.29, 0.717) is 23.6 Å². The van der Waals surface area contributed by atoms with E-state index in [4.69, 9.17) is 14.6 Å². The van der Waals surface area contributed by atoms with E-state index in [2.05, 4.69) is 21.2 Å². The Balaban J connectivity index is 2.13. The van der Waals surface area contributed by atoms with Gasteiger partial charge in [0.05, 0.1) is 7.11 Å². The van der Waals surface area contributed by atoms with Gasteiger partial charge in [-0.25, -0.2) is 4.39 Å². The largest absolute Gasteiger partial charge is 0.493 e. The van der Waals surface area contributed by atoms with Gasteiger partial charge in [0.25, 0.3) is 0 Å². The third kappa shape index (κ3) is 5.70. The Hall–Kier alpha value is -1.63. The van der Waals surface area contributed by atoms with Gasteiger partial charge in [0.1, 0.15) is 12.4 Å². The summed E-state index contributed by atoms with van der Waals surface area (Å²) in [5.41, 5.74) is 1.41. The molecule has 2 N–H and O–H groups in total. The van der Waals surface area contributed by atoms with Crippen molar-refractivity contribution in [2.75, 3.05) is 20.3 Å². The highest BCUT2D eigenvalue weighted by Crippen LogP contribution is 2.36. The van der Waals surface area contributed by atoms with Crippen LogP contribution >= 0.6 is 15.9 Å². The van der Waals surface area contributed by atoms with Crippen LogP contribution < -0.4 is 14.8 Å². The molecule has 0 fully saturated rings. The zero-order chi connectivity index (χ0) is 18.1. The summed E-state index contributed by atoms with van der Waals surface area (Å²) in [6.45, 7) is 1.69. The summed E-state index contributed by atoms with van der Waals surface area (Å²) in [6, 6.07) is 10.3. The normalized spacial score (nSPS) is 10.7. The molecule has 0 bridgehead atoms. The fourth-order valence-electron chi connectivity index (χ4n) is 2.41. The summed E-state index contributed by atoms with van der Waals surface area (Å²) >= 11 is 3.54. The van der Waals surface area contributed by atoms with Crippen LogP contribution in [0.4, 0.5) is 4.39 Å².